The van der Waals surface area contributed by atoms with Crippen molar-refractivity contribution in [2.45, 2.75) is 43.9 Å². The highest BCUT2D eigenvalue weighted by atomic mass is 19.4. The first kappa shape index (κ1) is 27.1. The lowest BCUT2D eigenvalue weighted by Gasteiger charge is -2.38. The molecule has 0 aliphatic heterocycles. The van der Waals surface area contributed by atoms with Gasteiger partial charge in [-0.15, -0.1) is 0 Å². The Kier molecular flexibility index (Phi) is 8.26. The molecule has 0 heterocycles. The number of carbonyl (C=O) groups excluding carboxylic acids is 1. The fraction of sp³-hybridized carbons (Fsp3) is 0.296. The van der Waals surface area contributed by atoms with Crippen molar-refractivity contribution in [2.24, 2.45) is 0 Å². The van der Waals surface area contributed by atoms with Crippen molar-refractivity contribution in [1.29, 1.82) is 0 Å². The van der Waals surface area contributed by atoms with E-state index in [4.69, 9.17) is 4.74 Å². The van der Waals surface area contributed by atoms with Crippen LogP contribution in [0.25, 0.3) is 0 Å². The van der Waals surface area contributed by atoms with Crippen LogP contribution in [0.4, 0.5) is 17.6 Å². The molecule has 0 bridgehead atoms. The number of hydrogen-bond donors (Lipinski definition) is 1. The zero-order valence-corrected chi connectivity index (χ0v) is 19.4. The number of allylic oxidation sites excluding steroid dienone is 4. The van der Waals surface area contributed by atoms with Gasteiger partial charge in [0.05, 0.1) is 7.11 Å². The second kappa shape index (κ2) is 10.4. The van der Waals surface area contributed by atoms with Crippen LogP contribution in [0.15, 0.2) is 79.4 Å². The number of hydrogen-bond acceptors (Lipinski definition) is 3. The van der Waals surface area contributed by atoms with E-state index in [2.05, 4.69) is 13.2 Å². The zero-order chi connectivity index (χ0) is 25.7. The average molecular weight is 477 g/mol. The molecule has 7 heteroatoms. The van der Waals surface area contributed by atoms with Gasteiger partial charge in [-0.25, -0.2) is 4.39 Å². The molecule has 182 valence electrons. The maximum absolute atomic E-state index is 14.1. The van der Waals surface area contributed by atoms with E-state index in [0.29, 0.717) is 5.57 Å². The average Bonchev–Trinajstić information content (AvgIpc) is 2.76. The Bertz CT molecular complexity index is 1080. The van der Waals surface area contributed by atoms with Crippen LogP contribution in [0.1, 0.15) is 41.8 Å². The highest BCUT2D eigenvalue weighted by Crippen LogP contribution is 2.45. The molecule has 0 amide bonds. The van der Waals surface area contributed by atoms with Crippen LogP contribution in [0.3, 0.4) is 0 Å². The van der Waals surface area contributed by atoms with E-state index in [-0.39, 0.29) is 28.2 Å². The highest BCUT2D eigenvalue weighted by Gasteiger charge is 2.56. The molecule has 2 aromatic rings. The van der Waals surface area contributed by atoms with Gasteiger partial charge in [0, 0.05) is 23.1 Å². The van der Waals surface area contributed by atoms with Crippen molar-refractivity contribution >= 4 is 5.78 Å². The van der Waals surface area contributed by atoms with Crippen LogP contribution in [0, 0.1) is 5.82 Å². The summed E-state index contributed by atoms with van der Waals surface area (Å²) in [4.78, 5) is 12.5. The molecule has 3 nitrogen and oxygen atoms in total. The highest BCUT2D eigenvalue weighted by molar-refractivity contribution is 6.10. The van der Waals surface area contributed by atoms with Crippen molar-refractivity contribution in [3.63, 3.8) is 0 Å². The number of aliphatic hydroxyl groups is 1. The number of ether oxygens (including phenoxy) is 1. The molecule has 0 aliphatic rings. The summed E-state index contributed by atoms with van der Waals surface area (Å²) < 4.78 is 61.4. The molecule has 0 aliphatic carbocycles. The third-order valence-corrected chi connectivity index (χ3v) is 5.64. The van der Waals surface area contributed by atoms with E-state index < -0.39 is 35.9 Å². The molecular weight excluding hydrogens is 448 g/mol. The van der Waals surface area contributed by atoms with E-state index in [1.54, 1.807) is 0 Å². The van der Waals surface area contributed by atoms with Crippen molar-refractivity contribution < 1.29 is 32.2 Å². The predicted octanol–water partition coefficient (Wildman–Crippen LogP) is 6.52. The summed E-state index contributed by atoms with van der Waals surface area (Å²) in [5.41, 5.74) is -3.45. The Hall–Kier alpha value is -3.19. The van der Waals surface area contributed by atoms with Gasteiger partial charge >= 0.3 is 6.18 Å². The molecular formula is C27H28F4O3. The number of ketones is 1. The topological polar surface area (TPSA) is 46.5 Å². The Morgan fingerprint density at radius 2 is 1.71 bits per heavy atom. The van der Waals surface area contributed by atoms with E-state index in [0.717, 1.165) is 12.1 Å². The minimum atomic E-state index is -4.97. The molecule has 0 saturated carbocycles. The molecule has 1 N–H and O–H groups in total. The lowest BCUT2D eigenvalue weighted by atomic mass is 9.72. The summed E-state index contributed by atoms with van der Waals surface area (Å²) in [6, 6.07) is 9.14. The van der Waals surface area contributed by atoms with Crippen LogP contribution in [0.2, 0.25) is 0 Å². The normalized spacial score (nSPS) is 14.3. The summed E-state index contributed by atoms with van der Waals surface area (Å²) in [6.45, 7) is 10.1. The molecule has 0 radical (unpaired) electrons. The number of alkyl halides is 3. The molecule has 1 atom stereocenters. The molecule has 2 rings (SSSR count). The summed E-state index contributed by atoms with van der Waals surface area (Å²) in [6.07, 6.45) is -2.18. The van der Waals surface area contributed by atoms with Gasteiger partial charge in [-0.05, 0) is 35.6 Å². The third kappa shape index (κ3) is 6.03. The van der Waals surface area contributed by atoms with Gasteiger partial charge in [-0.1, -0.05) is 69.5 Å². The van der Waals surface area contributed by atoms with Crippen LogP contribution in [-0.4, -0.2) is 29.8 Å². The molecule has 1 unspecified atom stereocenters. The fourth-order valence-electron chi connectivity index (χ4n) is 3.94. The Morgan fingerprint density at radius 1 is 1.09 bits per heavy atom. The number of carbonyl (C=O) groups is 1. The van der Waals surface area contributed by atoms with Gasteiger partial charge < -0.3 is 9.84 Å². The summed E-state index contributed by atoms with van der Waals surface area (Å²) in [5, 5.41) is 10.8. The van der Waals surface area contributed by atoms with Crippen LogP contribution in [-0.2, 0) is 11.8 Å². The minimum absolute atomic E-state index is 0.186. The van der Waals surface area contributed by atoms with Crippen LogP contribution < -0.4 is 4.74 Å². The number of benzene rings is 2. The Balaban J connectivity index is 2.39. The van der Waals surface area contributed by atoms with E-state index in [9.17, 15) is 27.5 Å². The van der Waals surface area contributed by atoms with Crippen molar-refractivity contribution in [3.8, 4) is 5.75 Å². The largest absolute Gasteiger partial charge is 0.496 e. The molecule has 0 aromatic heterocycles. The molecule has 2 aromatic carbocycles. The number of rotatable bonds is 10. The summed E-state index contributed by atoms with van der Waals surface area (Å²) in [7, 11) is 1.34. The lowest BCUT2D eigenvalue weighted by Crippen LogP contribution is -2.50. The Labute approximate surface area is 197 Å². The van der Waals surface area contributed by atoms with Gasteiger partial charge in [0.1, 0.15) is 11.6 Å². The van der Waals surface area contributed by atoms with Crippen LogP contribution in [0.5, 0.6) is 5.75 Å². The van der Waals surface area contributed by atoms with E-state index in [1.165, 1.54) is 69.5 Å². The SMILES string of the molecule is C=C/C=C(\C=C)C(=O)c1ccc(CC(O)(CC(C)(C)c2cc(F)ccc2OC)C(F)(F)F)cc1. The molecule has 34 heavy (non-hydrogen) atoms. The monoisotopic (exact) mass is 476 g/mol. The Morgan fingerprint density at radius 3 is 2.21 bits per heavy atom. The van der Waals surface area contributed by atoms with Gasteiger partial charge in [-0.3, -0.25) is 4.79 Å². The van der Waals surface area contributed by atoms with Crippen molar-refractivity contribution in [2.75, 3.05) is 7.11 Å². The number of Topliss-reactive ketones (excluding diaryl/α,β-unsaturated/α-hetero) is 1. The first-order chi connectivity index (χ1) is 15.8. The second-order valence-electron chi connectivity index (χ2n) is 8.70. The van der Waals surface area contributed by atoms with Crippen molar-refractivity contribution in [1.82, 2.24) is 0 Å². The van der Waals surface area contributed by atoms with Gasteiger partial charge in [-0.2, -0.15) is 13.2 Å². The zero-order valence-electron chi connectivity index (χ0n) is 19.4. The molecule has 0 spiro atoms. The second-order valence-corrected chi connectivity index (χ2v) is 8.70. The standard InChI is InChI=1S/C27H28F4O3/c1-6-8-19(7-2)24(32)20-11-9-18(10-12-20)16-26(33,27(29,30)31)17-25(3,4)22-15-21(28)13-14-23(22)34-5/h6-15,33H,1-2,16-17H2,3-5H3/b19-8+. The van der Waals surface area contributed by atoms with Gasteiger partial charge in [0.15, 0.2) is 11.4 Å². The fourth-order valence-corrected chi connectivity index (χ4v) is 3.94. The molecule has 0 saturated heterocycles. The van der Waals surface area contributed by atoms with E-state index in [1.807, 2.05) is 0 Å². The van der Waals surface area contributed by atoms with E-state index >= 15 is 0 Å². The predicted molar refractivity (Wildman–Crippen MR) is 125 cm³/mol. The van der Waals surface area contributed by atoms with Gasteiger partial charge in [0.2, 0.25) is 0 Å². The maximum Gasteiger partial charge on any atom is 0.417 e. The smallest absolute Gasteiger partial charge is 0.417 e. The number of halogens is 4. The molecule has 0 fully saturated rings. The van der Waals surface area contributed by atoms with Crippen molar-refractivity contribution in [3.05, 3.63) is 102 Å². The van der Waals surface area contributed by atoms with Crippen LogP contribution >= 0.6 is 0 Å². The first-order valence-corrected chi connectivity index (χ1v) is 10.5. The quantitative estimate of drug-likeness (QED) is 0.184. The lowest BCUT2D eigenvalue weighted by molar-refractivity contribution is -0.266. The minimum Gasteiger partial charge on any atom is -0.496 e. The maximum atomic E-state index is 14.1. The first-order valence-electron chi connectivity index (χ1n) is 10.5. The summed E-state index contributed by atoms with van der Waals surface area (Å²) in [5.74, 6) is -0.750. The number of methoxy groups -OCH3 is 1. The van der Waals surface area contributed by atoms with Gasteiger partial charge in [0.25, 0.3) is 0 Å². The third-order valence-electron chi connectivity index (χ3n) is 5.64. The summed E-state index contributed by atoms with van der Waals surface area (Å²) >= 11 is 0.